The number of halogens is 3. The predicted molar refractivity (Wildman–Crippen MR) is 41.0 cm³/mol. The lowest BCUT2D eigenvalue weighted by Crippen LogP contribution is -2.13. The summed E-state index contributed by atoms with van der Waals surface area (Å²) in [6.07, 6.45) is -4.54. The van der Waals surface area contributed by atoms with Crippen molar-refractivity contribution in [3.63, 3.8) is 0 Å². The number of rotatable bonds is 2. The van der Waals surface area contributed by atoms with Crippen LogP contribution in [0.5, 0.6) is 0 Å². The standard InChI is InChI=1S/C8H6F3NO2/c9-8(10,11)4-6-3-5(7(13)14)1-2-12-6/h1-3H,4H2,(H,13,14). The Kier molecular flexibility index (Phi) is 2.73. The van der Waals surface area contributed by atoms with E-state index in [1.165, 1.54) is 0 Å². The molecule has 0 aliphatic carbocycles. The third-order valence-electron chi connectivity index (χ3n) is 1.45. The minimum atomic E-state index is -4.37. The van der Waals surface area contributed by atoms with E-state index in [2.05, 4.69) is 4.98 Å². The average molecular weight is 205 g/mol. The summed E-state index contributed by atoms with van der Waals surface area (Å²) in [6.45, 7) is 0. The van der Waals surface area contributed by atoms with E-state index in [-0.39, 0.29) is 11.3 Å². The summed E-state index contributed by atoms with van der Waals surface area (Å²) in [5.74, 6) is -1.27. The first-order chi connectivity index (χ1) is 6.38. The van der Waals surface area contributed by atoms with Crippen molar-refractivity contribution in [2.45, 2.75) is 12.6 Å². The molecule has 0 unspecified atom stereocenters. The van der Waals surface area contributed by atoms with Gasteiger partial charge in [-0.2, -0.15) is 13.2 Å². The van der Waals surface area contributed by atoms with Crippen LogP contribution in [-0.4, -0.2) is 22.2 Å². The van der Waals surface area contributed by atoms with Gasteiger partial charge in [-0.25, -0.2) is 4.79 Å². The first-order valence-corrected chi connectivity index (χ1v) is 3.63. The van der Waals surface area contributed by atoms with Gasteiger partial charge in [-0.15, -0.1) is 0 Å². The molecule has 0 saturated carbocycles. The van der Waals surface area contributed by atoms with Gasteiger partial charge in [0.2, 0.25) is 0 Å². The van der Waals surface area contributed by atoms with Crippen LogP contribution in [0.25, 0.3) is 0 Å². The van der Waals surface area contributed by atoms with Crippen LogP contribution in [0.2, 0.25) is 0 Å². The summed E-state index contributed by atoms with van der Waals surface area (Å²) in [4.78, 5) is 13.8. The molecule has 14 heavy (non-hydrogen) atoms. The first-order valence-electron chi connectivity index (χ1n) is 3.63. The normalized spacial score (nSPS) is 11.4. The van der Waals surface area contributed by atoms with E-state index >= 15 is 0 Å². The van der Waals surface area contributed by atoms with Crippen LogP contribution in [0.1, 0.15) is 16.1 Å². The van der Waals surface area contributed by atoms with Crippen LogP contribution in [0.15, 0.2) is 18.3 Å². The third-order valence-corrected chi connectivity index (χ3v) is 1.45. The van der Waals surface area contributed by atoms with Crippen LogP contribution >= 0.6 is 0 Å². The van der Waals surface area contributed by atoms with Gasteiger partial charge in [0, 0.05) is 6.20 Å². The molecule has 0 fully saturated rings. The first kappa shape index (κ1) is 10.5. The number of aromatic carboxylic acids is 1. The van der Waals surface area contributed by atoms with E-state index in [4.69, 9.17) is 5.11 Å². The van der Waals surface area contributed by atoms with Crippen molar-refractivity contribution in [2.24, 2.45) is 0 Å². The lowest BCUT2D eigenvalue weighted by atomic mass is 10.2. The number of carboxylic acid groups (broad SMARTS) is 1. The molecule has 0 bridgehead atoms. The molecule has 76 valence electrons. The number of aromatic nitrogens is 1. The van der Waals surface area contributed by atoms with Gasteiger partial charge >= 0.3 is 12.1 Å². The van der Waals surface area contributed by atoms with E-state index < -0.39 is 18.6 Å². The Labute approximate surface area is 77.2 Å². The molecule has 0 amide bonds. The molecular weight excluding hydrogens is 199 g/mol. The van der Waals surface area contributed by atoms with Crippen molar-refractivity contribution < 1.29 is 23.1 Å². The molecule has 0 radical (unpaired) electrons. The lowest BCUT2D eigenvalue weighted by molar-refractivity contribution is -0.127. The zero-order valence-electron chi connectivity index (χ0n) is 6.88. The molecule has 0 aliphatic rings. The van der Waals surface area contributed by atoms with Gasteiger partial charge in [0.1, 0.15) is 0 Å². The number of hydrogen-bond donors (Lipinski definition) is 1. The van der Waals surface area contributed by atoms with E-state index in [0.29, 0.717) is 0 Å². The molecule has 1 heterocycles. The van der Waals surface area contributed by atoms with Crippen molar-refractivity contribution in [3.05, 3.63) is 29.6 Å². The Balaban J connectivity index is 2.89. The van der Waals surface area contributed by atoms with Crippen LogP contribution in [0, 0.1) is 0 Å². The fourth-order valence-corrected chi connectivity index (χ4v) is 0.913. The van der Waals surface area contributed by atoms with Gasteiger partial charge < -0.3 is 5.11 Å². The highest BCUT2D eigenvalue weighted by atomic mass is 19.4. The molecule has 0 aliphatic heterocycles. The van der Waals surface area contributed by atoms with Crippen molar-refractivity contribution in [3.8, 4) is 0 Å². The Morgan fingerprint density at radius 1 is 1.50 bits per heavy atom. The molecule has 6 heteroatoms. The number of alkyl halides is 3. The maximum absolute atomic E-state index is 11.9. The smallest absolute Gasteiger partial charge is 0.394 e. The summed E-state index contributed by atoms with van der Waals surface area (Å²) < 4.78 is 35.7. The topological polar surface area (TPSA) is 50.2 Å². The van der Waals surface area contributed by atoms with Crippen LogP contribution in [0.4, 0.5) is 13.2 Å². The maximum Gasteiger partial charge on any atom is 0.394 e. The minimum absolute atomic E-state index is 0.195. The van der Waals surface area contributed by atoms with Crippen LogP contribution < -0.4 is 0 Å². The molecule has 3 nitrogen and oxygen atoms in total. The molecular formula is C8H6F3NO2. The Morgan fingerprint density at radius 2 is 2.14 bits per heavy atom. The number of carboxylic acids is 1. The fourth-order valence-electron chi connectivity index (χ4n) is 0.913. The minimum Gasteiger partial charge on any atom is -0.478 e. The lowest BCUT2D eigenvalue weighted by Gasteiger charge is -2.05. The zero-order chi connectivity index (χ0) is 10.8. The third kappa shape index (κ3) is 3.04. The van der Waals surface area contributed by atoms with Crippen molar-refractivity contribution >= 4 is 5.97 Å². The molecule has 1 N–H and O–H groups in total. The molecule has 0 aromatic carbocycles. The number of carbonyl (C=O) groups is 1. The van der Waals surface area contributed by atoms with Gasteiger partial charge in [0.05, 0.1) is 17.7 Å². The van der Waals surface area contributed by atoms with Crippen LogP contribution in [0.3, 0.4) is 0 Å². The highest BCUT2D eigenvalue weighted by molar-refractivity contribution is 5.87. The molecule has 0 atom stereocenters. The summed E-state index contributed by atoms with van der Waals surface area (Å²) in [5.41, 5.74) is -0.489. The number of hydrogen-bond acceptors (Lipinski definition) is 2. The fraction of sp³-hybridized carbons (Fsp3) is 0.250. The van der Waals surface area contributed by atoms with Gasteiger partial charge in [0.15, 0.2) is 0 Å². The quantitative estimate of drug-likeness (QED) is 0.801. The second kappa shape index (κ2) is 3.65. The summed E-state index contributed by atoms with van der Waals surface area (Å²) in [7, 11) is 0. The zero-order valence-corrected chi connectivity index (χ0v) is 6.88. The number of nitrogens with zero attached hydrogens (tertiary/aromatic N) is 1. The Bertz CT molecular complexity index is 349. The Morgan fingerprint density at radius 3 is 2.64 bits per heavy atom. The molecule has 1 rings (SSSR count). The average Bonchev–Trinajstić information content (AvgIpc) is 2.01. The summed E-state index contributed by atoms with van der Waals surface area (Å²) >= 11 is 0. The molecule has 1 aromatic rings. The Hall–Kier alpha value is -1.59. The van der Waals surface area contributed by atoms with Crippen molar-refractivity contribution in [1.29, 1.82) is 0 Å². The van der Waals surface area contributed by atoms with Gasteiger partial charge in [0.25, 0.3) is 0 Å². The van der Waals surface area contributed by atoms with Crippen molar-refractivity contribution in [1.82, 2.24) is 4.98 Å². The SMILES string of the molecule is O=C(O)c1ccnc(CC(F)(F)F)c1. The summed E-state index contributed by atoms with van der Waals surface area (Å²) in [6, 6.07) is 2.05. The second-order valence-electron chi connectivity index (χ2n) is 2.63. The number of pyridine rings is 1. The molecule has 0 spiro atoms. The molecule has 1 aromatic heterocycles. The van der Waals surface area contributed by atoms with Crippen molar-refractivity contribution in [2.75, 3.05) is 0 Å². The summed E-state index contributed by atoms with van der Waals surface area (Å²) in [5, 5.41) is 8.50. The largest absolute Gasteiger partial charge is 0.478 e. The maximum atomic E-state index is 11.9. The van der Waals surface area contributed by atoms with Gasteiger partial charge in [-0.05, 0) is 12.1 Å². The van der Waals surface area contributed by atoms with Crippen LogP contribution in [-0.2, 0) is 6.42 Å². The van der Waals surface area contributed by atoms with E-state index in [1.807, 2.05) is 0 Å². The monoisotopic (exact) mass is 205 g/mol. The second-order valence-corrected chi connectivity index (χ2v) is 2.63. The van der Waals surface area contributed by atoms with E-state index in [0.717, 1.165) is 18.3 Å². The highest BCUT2D eigenvalue weighted by Crippen LogP contribution is 2.20. The van der Waals surface area contributed by atoms with E-state index in [9.17, 15) is 18.0 Å². The predicted octanol–water partition coefficient (Wildman–Crippen LogP) is 1.88. The van der Waals surface area contributed by atoms with Gasteiger partial charge in [-0.1, -0.05) is 0 Å². The molecule has 0 saturated heterocycles. The van der Waals surface area contributed by atoms with E-state index in [1.54, 1.807) is 0 Å². The highest BCUT2D eigenvalue weighted by Gasteiger charge is 2.28. The van der Waals surface area contributed by atoms with Gasteiger partial charge in [-0.3, -0.25) is 4.98 Å².